The summed E-state index contributed by atoms with van der Waals surface area (Å²) in [5.41, 5.74) is 7.65. The summed E-state index contributed by atoms with van der Waals surface area (Å²) in [4.78, 5) is 0. The van der Waals surface area contributed by atoms with E-state index in [1.165, 1.54) is 92.3 Å². The van der Waals surface area contributed by atoms with Crippen molar-refractivity contribution in [3.63, 3.8) is 0 Å². The lowest BCUT2D eigenvalue weighted by Gasteiger charge is -2.26. The summed E-state index contributed by atoms with van der Waals surface area (Å²) in [6.45, 7) is 12.8. The molecule has 1 aromatic heterocycles. The number of ether oxygens (including phenoxy) is 1. The largest absolute Gasteiger partial charge is 0.494 e. The zero-order chi connectivity index (χ0) is 22.5. The van der Waals surface area contributed by atoms with Gasteiger partial charge in [-0.1, -0.05) is 45.1 Å². The number of rotatable bonds is 8. The number of nitrogens with one attached hydrogen (secondary N) is 1. The van der Waals surface area contributed by atoms with Gasteiger partial charge in [-0.3, -0.25) is 0 Å². The van der Waals surface area contributed by atoms with Gasteiger partial charge in [0, 0.05) is 40.8 Å². The van der Waals surface area contributed by atoms with Crippen LogP contribution < -0.4 is 10.1 Å². The second kappa shape index (κ2) is 10.6. The van der Waals surface area contributed by atoms with E-state index in [1.54, 1.807) is 0 Å². The van der Waals surface area contributed by atoms with Crippen LogP contribution in [0.15, 0.2) is 30.8 Å². The van der Waals surface area contributed by atoms with Crippen molar-refractivity contribution in [3.8, 4) is 17.0 Å². The Morgan fingerprint density at radius 1 is 1.00 bits per heavy atom. The van der Waals surface area contributed by atoms with Crippen molar-refractivity contribution in [2.75, 3.05) is 6.61 Å². The molecule has 0 unspecified atom stereocenters. The van der Waals surface area contributed by atoms with Crippen LogP contribution in [-0.4, -0.2) is 17.2 Å². The Bertz CT molecular complexity index is 913. The average molecular weight is 435 g/mol. The Hall–Kier alpha value is -2.16. The maximum Gasteiger partial charge on any atom is 0.119 e. The van der Waals surface area contributed by atoms with Gasteiger partial charge in [-0.05, 0) is 82.2 Å². The van der Waals surface area contributed by atoms with Gasteiger partial charge in [0.2, 0.25) is 0 Å². The highest BCUT2D eigenvalue weighted by Gasteiger charge is 2.22. The molecule has 174 valence electrons. The van der Waals surface area contributed by atoms with Crippen molar-refractivity contribution in [2.24, 2.45) is 5.92 Å². The van der Waals surface area contributed by atoms with Crippen LogP contribution >= 0.6 is 0 Å². The highest BCUT2D eigenvalue weighted by Crippen LogP contribution is 2.35. The second-order valence-electron chi connectivity index (χ2n) is 10.0. The highest BCUT2D eigenvalue weighted by atomic mass is 16.5. The number of benzene rings is 1. The molecule has 3 heteroatoms. The van der Waals surface area contributed by atoms with E-state index in [9.17, 15) is 0 Å². The molecule has 2 aliphatic carbocycles. The molecule has 0 saturated heterocycles. The first kappa shape index (κ1) is 23.0. The van der Waals surface area contributed by atoms with Gasteiger partial charge < -0.3 is 14.6 Å². The fraction of sp³-hybridized carbons (Fsp3) is 0.586. The fourth-order valence-corrected chi connectivity index (χ4v) is 5.79. The van der Waals surface area contributed by atoms with Crippen molar-refractivity contribution in [1.82, 2.24) is 9.88 Å². The van der Waals surface area contributed by atoms with Crippen molar-refractivity contribution in [3.05, 3.63) is 47.7 Å². The lowest BCUT2D eigenvalue weighted by atomic mass is 9.89. The maximum absolute atomic E-state index is 5.75. The van der Waals surface area contributed by atoms with Gasteiger partial charge in [-0.25, -0.2) is 0 Å². The summed E-state index contributed by atoms with van der Waals surface area (Å²) < 4.78 is 8.34. The van der Waals surface area contributed by atoms with Crippen molar-refractivity contribution in [2.45, 2.75) is 97.6 Å². The zero-order valence-electron chi connectivity index (χ0n) is 20.5. The van der Waals surface area contributed by atoms with Crippen LogP contribution in [0.2, 0.25) is 0 Å². The molecular weight excluding hydrogens is 392 g/mol. The van der Waals surface area contributed by atoms with Crippen LogP contribution in [0.1, 0.15) is 88.0 Å². The van der Waals surface area contributed by atoms with Gasteiger partial charge in [0.05, 0.1) is 6.61 Å². The van der Waals surface area contributed by atoms with Crippen LogP contribution in [-0.2, 0) is 6.54 Å². The topological polar surface area (TPSA) is 26.2 Å². The van der Waals surface area contributed by atoms with Crippen LogP contribution in [0.3, 0.4) is 0 Å². The minimum Gasteiger partial charge on any atom is -0.494 e. The molecule has 0 amide bonds. The summed E-state index contributed by atoms with van der Waals surface area (Å²) in [7, 11) is 0. The Kier molecular flexibility index (Phi) is 7.65. The van der Waals surface area contributed by atoms with Crippen LogP contribution in [0.4, 0.5) is 0 Å². The second-order valence-corrected chi connectivity index (χ2v) is 10.0. The van der Waals surface area contributed by atoms with Crippen LogP contribution in [0.25, 0.3) is 17.0 Å². The summed E-state index contributed by atoms with van der Waals surface area (Å²) in [6, 6.07) is 9.51. The zero-order valence-corrected chi connectivity index (χ0v) is 20.5. The quantitative estimate of drug-likeness (QED) is 0.462. The van der Waals surface area contributed by atoms with Crippen molar-refractivity contribution < 1.29 is 4.74 Å². The molecule has 2 saturated carbocycles. The molecule has 0 spiro atoms. The van der Waals surface area contributed by atoms with Crippen molar-refractivity contribution in [1.29, 1.82) is 0 Å². The molecular formula is C29H42N2O. The number of hydrogen-bond donors (Lipinski definition) is 1. The summed E-state index contributed by atoms with van der Waals surface area (Å²) >= 11 is 0. The van der Waals surface area contributed by atoms with Gasteiger partial charge in [0.25, 0.3) is 0 Å². The Morgan fingerprint density at radius 2 is 1.69 bits per heavy atom. The third-order valence-corrected chi connectivity index (χ3v) is 7.63. The summed E-state index contributed by atoms with van der Waals surface area (Å²) in [5, 5.41) is 3.78. The van der Waals surface area contributed by atoms with E-state index in [1.807, 2.05) is 6.92 Å². The number of hydrogen-bond acceptors (Lipinski definition) is 2. The number of aryl methyl sites for hydroxylation is 1. The minimum atomic E-state index is 0.577. The summed E-state index contributed by atoms with van der Waals surface area (Å²) in [5.74, 6) is 1.74. The first-order valence-corrected chi connectivity index (χ1v) is 13.0. The van der Waals surface area contributed by atoms with E-state index in [-0.39, 0.29) is 0 Å². The first-order chi connectivity index (χ1) is 15.6. The monoisotopic (exact) mass is 434 g/mol. The highest BCUT2D eigenvalue weighted by molar-refractivity contribution is 5.74. The Balaban J connectivity index is 1.66. The molecule has 0 radical (unpaired) electrons. The van der Waals surface area contributed by atoms with Gasteiger partial charge in [0.1, 0.15) is 5.75 Å². The van der Waals surface area contributed by atoms with E-state index in [0.29, 0.717) is 12.6 Å². The molecule has 2 aliphatic rings. The number of nitrogens with zero attached hydrogens (tertiary/aromatic N) is 1. The SMILES string of the molecule is C=C(NC1CCCCC1)c1cc(-c2ccc(OCC)cc2C)n(CC2CCCCC2)c1C. The predicted octanol–water partition coefficient (Wildman–Crippen LogP) is 7.64. The minimum absolute atomic E-state index is 0.577. The predicted molar refractivity (Wildman–Crippen MR) is 136 cm³/mol. The lowest BCUT2D eigenvalue weighted by molar-refractivity contribution is 0.319. The van der Waals surface area contributed by atoms with Gasteiger partial charge in [0.15, 0.2) is 0 Å². The molecule has 1 N–H and O–H groups in total. The molecule has 1 aromatic carbocycles. The third kappa shape index (κ3) is 5.24. The molecule has 3 nitrogen and oxygen atoms in total. The van der Waals surface area contributed by atoms with E-state index < -0.39 is 0 Å². The van der Waals surface area contributed by atoms with Crippen LogP contribution in [0, 0.1) is 19.8 Å². The molecule has 4 rings (SSSR count). The molecule has 2 fully saturated rings. The average Bonchev–Trinajstić information content (AvgIpc) is 3.11. The standard InChI is InChI=1S/C29H42N2O/c1-5-32-26-16-17-27(21(2)18-26)29-19-28(22(3)30-25-14-10-7-11-15-25)23(4)31(29)20-24-12-8-6-9-13-24/h16-19,24-25,30H,3,5-15,20H2,1-2,4H3. The smallest absolute Gasteiger partial charge is 0.119 e. The van der Waals surface area contributed by atoms with Gasteiger partial charge >= 0.3 is 0 Å². The Morgan fingerprint density at radius 3 is 2.34 bits per heavy atom. The van der Waals surface area contributed by atoms with Gasteiger partial charge in [-0.15, -0.1) is 0 Å². The molecule has 0 atom stereocenters. The van der Waals surface area contributed by atoms with E-state index in [0.717, 1.165) is 23.9 Å². The van der Waals surface area contributed by atoms with Gasteiger partial charge in [-0.2, -0.15) is 0 Å². The lowest BCUT2D eigenvalue weighted by Crippen LogP contribution is -2.29. The first-order valence-electron chi connectivity index (χ1n) is 13.0. The van der Waals surface area contributed by atoms with E-state index in [4.69, 9.17) is 4.74 Å². The number of aromatic nitrogens is 1. The Labute approximate surface area is 195 Å². The fourth-order valence-electron chi connectivity index (χ4n) is 5.79. The van der Waals surface area contributed by atoms with E-state index >= 15 is 0 Å². The molecule has 0 aliphatic heterocycles. The molecule has 0 bridgehead atoms. The summed E-state index contributed by atoms with van der Waals surface area (Å²) in [6.07, 6.45) is 13.5. The maximum atomic E-state index is 5.75. The normalized spacial score (nSPS) is 18.0. The van der Waals surface area contributed by atoms with Crippen LogP contribution in [0.5, 0.6) is 5.75 Å². The molecule has 32 heavy (non-hydrogen) atoms. The third-order valence-electron chi connectivity index (χ3n) is 7.63. The van der Waals surface area contributed by atoms with Crippen molar-refractivity contribution >= 4 is 5.70 Å². The van der Waals surface area contributed by atoms with E-state index in [2.05, 4.69) is 54.6 Å². The molecule has 1 heterocycles. The molecule has 2 aromatic rings.